The van der Waals surface area contributed by atoms with Crippen molar-refractivity contribution in [1.29, 1.82) is 0 Å². The predicted octanol–water partition coefficient (Wildman–Crippen LogP) is 0.337. The van der Waals surface area contributed by atoms with E-state index in [4.69, 9.17) is 0 Å². The summed E-state index contributed by atoms with van der Waals surface area (Å²) in [5, 5.41) is 5.21. The van der Waals surface area contributed by atoms with Crippen LogP contribution >= 0.6 is 0 Å². The second-order valence-corrected chi connectivity index (χ2v) is 3.03. The van der Waals surface area contributed by atoms with E-state index in [2.05, 4.69) is 35.1 Å². The molecule has 0 unspecified atom stereocenters. The average molecular weight is 188 g/mol. The Labute approximate surface area is 82.0 Å². The minimum Gasteiger partial charge on any atom is -0.320 e. The van der Waals surface area contributed by atoms with Crippen LogP contribution in [0.1, 0.15) is 26.7 Å². The van der Waals surface area contributed by atoms with Gasteiger partial charge in [0.2, 0.25) is 0 Å². The summed E-state index contributed by atoms with van der Waals surface area (Å²) < 4.78 is 0. The van der Waals surface area contributed by atoms with Crippen LogP contribution in [0.4, 0.5) is 0 Å². The van der Waals surface area contributed by atoms with Crippen LogP contribution in [0.25, 0.3) is 0 Å². The molecule has 3 N–H and O–H groups in total. The molecule has 0 atom stereocenters. The van der Waals surface area contributed by atoms with Crippen molar-refractivity contribution in [3.63, 3.8) is 0 Å². The lowest BCUT2D eigenvalue weighted by molar-refractivity contribution is 0.117. The Hall–Kier alpha value is -0.160. The highest BCUT2D eigenvalue weighted by molar-refractivity contribution is 4.48. The molecule has 0 saturated carbocycles. The first kappa shape index (κ1) is 12.8. The lowest BCUT2D eigenvalue weighted by atomic mass is 10.4. The van der Waals surface area contributed by atoms with Gasteiger partial charge in [0, 0.05) is 19.6 Å². The van der Waals surface area contributed by atoms with Gasteiger partial charge in [-0.25, -0.2) is 10.9 Å². The SMILES string of the molecule is CCCN(NCC)NCCCNC. The van der Waals surface area contributed by atoms with Crippen LogP contribution in [-0.2, 0) is 0 Å². The van der Waals surface area contributed by atoms with E-state index in [1.54, 1.807) is 0 Å². The Morgan fingerprint density at radius 1 is 1.08 bits per heavy atom. The number of hydrogen-bond acceptors (Lipinski definition) is 4. The van der Waals surface area contributed by atoms with Gasteiger partial charge >= 0.3 is 0 Å². The van der Waals surface area contributed by atoms with Crippen molar-refractivity contribution in [3.8, 4) is 0 Å². The molecule has 13 heavy (non-hydrogen) atoms. The van der Waals surface area contributed by atoms with E-state index in [1.165, 1.54) is 0 Å². The predicted molar refractivity (Wildman–Crippen MR) is 57.2 cm³/mol. The van der Waals surface area contributed by atoms with Crippen molar-refractivity contribution in [2.75, 3.05) is 33.2 Å². The minimum absolute atomic E-state index is 0.971. The molecule has 0 aliphatic carbocycles. The topological polar surface area (TPSA) is 39.3 Å². The first-order valence-corrected chi connectivity index (χ1v) is 5.24. The van der Waals surface area contributed by atoms with Gasteiger partial charge in [-0.3, -0.25) is 0 Å². The Kier molecular flexibility index (Phi) is 9.80. The van der Waals surface area contributed by atoms with Crippen molar-refractivity contribution in [2.45, 2.75) is 26.7 Å². The normalized spacial score (nSPS) is 11.1. The zero-order chi connectivity index (χ0) is 9.94. The molecule has 0 saturated heterocycles. The lowest BCUT2D eigenvalue weighted by Gasteiger charge is -2.22. The van der Waals surface area contributed by atoms with Crippen molar-refractivity contribution in [1.82, 2.24) is 21.3 Å². The molecule has 0 amide bonds. The van der Waals surface area contributed by atoms with Crippen LogP contribution in [0.15, 0.2) is 0 Å². The van der Waals surface area contributed by atoms with Crippen LogP contribution in [0.3, 0.4) is 0 Å². The highest BCUT2D eigenvalue weighted by Crippen LogP contribution is 1.82. The van der Waals surface area contributed by atoms with Gasteiger partial charge in [0.25, 0.3) is 0 Å². The van der Waals surface area contributed by atoms with Crippen molar-refractivity contribution in [3.05, 3.63) is 0 Å². The van der Waals surface area contributed by atoms with E-state index in [9.17, 15) is 0 Å². The van der Waals surface area contributed by atoms with Crippen LogP contribution < -0.4 is 16.2 Å². The molecular weight excluding hydrogens is 164 g/mol. The molecule has 0 aliphatic heterocycles. The summed E-state index contributed by atoms with van der Waals surface area (Å²) >= 11 is 0. The second-order valence-electron chi connectivity index (χ2n) is 3.03. The van der Waals surface area contributed by atoms with E-state index in [0.29, 0.717) is 0 Å². The van der Waals surface area contributed by atoms with E-state index >= 15 is 0 Å². The fourth-order valence-electron chi connectivity index (χ4n) is 1.11. The maximum Gasteiger partial charge on any atom is 0.0285 e. The molecule has 80 valence electrons. The van der Waals surface area contributed by atoms with E-state index < -0.39 is 0 Å². The minimum atomic E-state index is 0.971. The van der Waals surface area contributed by atoms with E-state index in [0.717, 1.165) is 39.0 Å². The summed E-state index contributed by atoms with van der Waals surface area (Å²) in [6, 6.07) is 0. The molecule has 4 heteroatoms. The third kappa shape index (κ3) is 8.18. The molecular formula is C9H24N4. The van der Waals surface area contributed by atoms with Crippen molar-refractivity contribution >= 4 is 0 Å². The zero-order valence-corrected chi connectivity index (χ0v) is 9.19. The Morgan fingerprint density at radius 2 is 1.85 bits per heavy atom. The van der Waals surface area contributed by atoms with Gasteiger partial charge in [0.05, 0.1) is 0 Å². The van der Waals surface area contributed by atoms with Crippen molar-refractivity contribution in [2.24, 2.45) is 0 Å². The molecule has 0 aromatic carbocycles. The first-order chi connectivity index (χ1) is 6.35. The van der Waals surface area contributed by atoms with E-state index in [-0.39, 0.29) is 0 Å². The van der Waals surface area contributed by atoms with Crippen LogP contribution in [0.2, 0.25) is 0 Å². The van der Waals surface area contributed by atoms with Gasteiger partial charge in [0.1, 0.15) is 0 Å². The first-order valence-electron chi connectivity index (χ1n) is 5.24. The molecule has 0 bridgehead atoms. The molecule has 0 heterocycles. The maximum atomic E-state index is 3.34. The zero-order valence-electron chi connectivity index (χ0n) is 9.19. The van der Waals surface area contributed by atoms with Crippen LogP contribution in [0.5, 0.6) is 0 Å². The highest BCUT2D eigenvalue weighted by atomic mass is 15.7. The monoisotopic (exact) mass is 188 g/mol. The maximum absolute atomic E-state index is 3.34. The lowest BCUT2D eigenvalue weighted by Crippen LogP contribution is -2.48. The molecule has 0 spiro atoms. The van der Waals surface area contributed by atoms with Gasteiger partial charge in [-0.1, -0.05) is 13.8 Å². The molecule has 0 fully saturated rings. The average Bonchev–Trinajstić information content (AvgIpc) is 2.13. The summed E-state index contributed by atoms with van der Waals surface area (Å²) in [6.07, 6.45) is 2.31. The molecule has 0 aromatic heterocycles. The van der Waals surface area contributed by atoms with Crippen LogP contribution in [0, 0.1) is 0 Å². The molecule has 0 aliphatic rings. The summed E-state index contributed by atoms with van der Waals surface area (Å²) in [5.74, 6) is 0. The fraction of sp³-hybridized carbons (Fsp3) is 1.00. The van der Waals surface area contributed by atoms with Gasteiger partial charge in [-0.15, -0.1) is 0 Å². The van der Waals surface area contributed by atoms with Gasteiger partial charge in [-0.2, -0.15) is 5.12 Å². The third-order valence-electron chi connectivity index (χ3n) is 1.70. The number of nitrogens with one attached hydrogen (secondary N) is 3. The summed E-state index contributed by atoms with van der Waals surface area (Å²) in [7, 11) is 1.98. The van der Waals surface area contributed by atoms with Gasteiger partial charge in [0.15, 0.2) is 0 Å². The molecule has 0 rings (SSSR count). The number of rotatable bonds is 9. The standard InChI is InChI=1S/C9H24N4/c1-4-9-13(11-5-2)12-8-6-7-10-3/h10-12H,4-9H2,1-3H3. The van der Waals surface area contributed by atoms with E-state index in [1.807, 2.05) is 7.05 Å². The number of hydrazine groups is 2. The molecule has 0 aromatic rings. The van der Waals surface area contributed by atoms with Gasteiger partial charge in [-0.05, 0) is 26.4 Å². The largest absolute Gasteiger partial charge is 0.320 e. The Balaban J connectivity index is 3.33. The summed E-state index contributed by atoms with van der Waals surface area (Å²) in [5.41, 5.74) is 6.60. The highest BCUT2D eigenvalue weighted by Gasteiger charge is 1.98. The fourth-order valence-corrected chi connectivity index (χ4v) is 1.11. The van der Waals surface area contributed by atoms with Crippen molar-refractivity contribution < 1.29 is 0 Å². The Bertz CT molecular complexity index is 91.6. The number of nitrogens with zero attached hydrogens (tertiary/aromatic N) is 1. The van der Waals surface area contributed by atoms with Crippen LogP contribution in [-0.4, -0.2) is 38.3 Å². The summed E-state index contributed by atoms with van der Waals surface area (Å²) in [6.45, 7) is 8.40. The number of hydrogen-bond donors (Lipinski definition) is 3. The second kappa shape index (κ2) is 9.92. The smallest absolute Gasteiger partial charge is 0.0285 e. The van der Waals surface area contributed by atoms with Gasteiger partial charge < -0.3 is 5.32 Å². The quantitative estimate of drug-likeness (QED) is 0.360. The summed E-state index contributed by atoms with van der Waals surface area (Å²) in [4.78, 5) is 0. The molecule has 4 nitrogen and oxygen atoms in total. The third-order valence-corrected chi connectivity index (χ3v) is 1.70. The molecule has 0 radical (unpaired) electrons. The Morgan fingerprint density at radius 3 is 2.38 bits per heavy atom.